The number of nitrogens with two attached hydrogens (primary N) is 1. The molecule has 0 saturated carbocycles. The number of fused-ring (bicyclic) bond motifs is 1. The van der Waals surface area contributed by atoms with Gasteiger partial charge in [0, 0.05) is 48.6 Å². The van der Waals surface area contributed by atoms with Crippen molar-refractivity contribution in [3.05, 3.63) is 22.9 Å². The van der Waals surface area contributed by atoms with Crippen LogP contribution in [0.25, 0.3) is 11.2 Å². The van der Waals surface area contributed by atoms with Crippen LogP contribution in [-0.2, 0) is 25.6 Å². The van der Waals surface area contributed by atoms with Crippen LogP contribution in [-0.4, -0.2) is 103 Å². The van der Waals surface area contributed by atoms with Crippen LogP contribution in [0.4, 0.5) is 5.82 Å². The number of carbonyl (C=O) groups is 2. The van der Waals surface area contributed by atoms with E-state index >= 15 is 0 Å². The second kappa shape index (κ2) is 14.1. The second-order valence-electron chi connectivity index (χ2n) is 10.7. The molecule has 1 aromatic carbocycles. The minimum absolute atomic E-state index is 0.160. The first-order valence-electron chi connectivity index (χ1n) is 14.3. The number of phenols is 2. The van der Waals surface area contributed by atoms with E-state index in [1.165, 1.54) is 30.2 Å². The van der Waals surface area contributed by atoms with Crippen LogP contribution in [0, 0.1) is 5.92 Å². The highest BCUT2D eigenvalue weighted by molar-refractivity contribution is 9.10. The molecule has 2 aromatic heterocycles. The largest absolute Gasteiger partial charge is 0.504 e. The zero-order valence-electron chi connectivity index (χ0n) is 23.9. The number of hydrogen-bond donors (Lipinski definition) is 3. The molecular formula is C28H36BrN7O6S. The van der Waals surface area contributed by atoms with Gasteiger partial charge >= 0.3 is 5.97 Å². The highest BCUT2D eigenvalue weighted by Crippen LogP contribution is 2.40. The molecule has 4 N–H and O–H groups in total. The molecule has 0 bridgehead atoms. The van der Waals surface area contributed by atoms with Crippen molar-refractivity contribution in [1.82, 2.24) is 29.3 Å². The van der Waals surface area contributed by atoms with Gasteiger partial charge in [-0.15, -0.1) is 0 Å². The lowest BCUT2D eigenvalue weighted by molar-refractivity contribution is -0.160. The number of aryl methyl sites for hydroxylation is 1. The number of nitrogen functional groups attached to an aromatic ring is 1. The van der Waals surface area contributed by atoms with Gasteiger partial charge in [-0.25, -0.2) is 15.0 Å². The zero-order chi connectivity index (χ0) is 30.5. The summed E-state index contributed by atoms with van der Waals surface area (Å²) < 4.78 is 13.4. The molecule has 1 atom stereocenters. The average molecular weight is 679 g/mol. The lowest BCUT2D eigenvalue weighted by Gasteiger charge is -2.33. The summed E-state index contributed by atoms with van der Waals surface area (Å²) in [5.41, 5.74) is 7.21. The Hall–Kier alpha value is -3.14. The zero-order valence-corrected chi connectivity index (χ0v) is 26.3. The van der Waals surface area contributed by atoms with Gasteiger partial charge in [0.2, 0.25) is 0 Å². The van der Waals surface area contributed by atoms with Gasteiger partial charge in [0.15, 0.2) is 39.7 Å². The lowest BCUT2D eigenvalue weighted by atomic mass is 9.93. The third kappa shape index (κ3) is 7.69. The van der Waals surface area contributed by atoms with Crippen molar-refractivity contribution in [1.29, 1.82) is 0 Å². The molecule has 0 spiro atoms. The van der Waals surface area contributed by atoms with E-state index in [0.29, 0.717) is 71.0 Å². The van der Waals surface area contributed by atoms with E-state index in [0.717, 1.165) is 32.4 Å². The maximum absolute atomic E-state index is 13.0. The van der Waals surface area contributed by atoms with E-state index in [1.54, 1.807) is 11.8 Å². The fraction of sp³-hybridized carbons (Fsp3) is 0.536. The maximum atomic E-state index is 13.0. The number of anilines is 1. The molecular weight excluding hydrogens is 642 g/mol. The van der Waals surface area contributed by atoms with Gasteiger partial charge in [-0.3, -0.25) is 14.5 Å². The Morgan fingerprint density at radius 3 is 2.60 bits per heavy atom. The van der Waals surface area contributed by atoms with Crippen LogP contribution in [0.15, 0.2) is 33.0 Å². The summed E-state index contributed by atoms with van der Waals surface area (Å²) in [5, 5.41) is 20.5. The van der Waals surface area contributed by atoms with Gasteiger partial charge in [-0.1, -0.05) is 11.8 Å². The van der Waals surface area contributed by atoms with E-state index in [2.05, 4.69) is 30.8 Å². The number of piperidine rings is 1. The van der Waals surface area contributed by atoms with Gasteiger partial charge in [-0.2, -0.15) is 0 Å². The number of aromatic nitrogens is 4. The topological polar surface area (TPSA) is 169 Å². The number of esters is 1. The summed E-state index contributed by atoms with van der Waals surface area (Å²) in [6, 6.07) is 2.90. The minimum atomic E-state index is -0.811. The van der Waals surface area contributed by atoms with Crippen LogP contribution in [0.1, 0.15) is 32.6 Å². The van der Waals surface area contributed by atoms with Crippen LogP contribution >= 0.6 is 27.7 Å². The lowest BCUT2D eigenvalue weighted by Crippen LogP contribution is -2.44. The second-order valence-corrected chi connectivity index (χ2v) is 12.6. The predicted octanol–water partition coefficient (Wildman–Crippen LogP) is 3.02. The standard InChI is InChI=1S/C28H36BrN7O6S/c1-17(42-23(39)5-6-34-10-12-41-13-11-34)27(40)35-7-2-18(3-8-35)4-9-36-26-24(25(30)31-16-32-26)33-28(36)43-22-15-21(38)20(37)14-19(22)29/h14-18,37-38H,2-13H2,1H3,(H2,30,31,32)/t17-/m0/s1. The number of morpholine rings is 1. The summed E-state index contributed by atoms with van der Waals surface area (Å²) in [7, 11) is 0. The summed E-state index contributed by atoms with van der Waals surface area (Å²) in [5.74, 6) is -0.322. The Bertz CT molecular complexity index is 1460. The SMILES string of the molecule is C[C@H](OC(=O)CCN1CCOCC1)C(=O)N1CCC(CCn2c(Sc3cc(O)c(O)cc3Br)nc3c(N)ncnc32)CC1. The molecule has 13 nitrogen and oxygen atoms in total. The monoisotopic (exact) mass is 677 g/mol. The minimum Gasteiger partial charge on any atom is -0.504 e. The van der Waals surface area contributed by atoms with Crippen LogP contribution in [0.5, 0.6) is 11.5 Å². The smallest absolute Gasteiger partial charge is 0.307 e. The van der Waals surface area contributed by atoms with Crippen LogP contribution in [0.3, 0.4) is 0 Å². The summed E-state index contributed by atoms with van der Waals surface area (Å²) >= 11 is 4.76. The van der Waals surface area contributed by atoms with E-state index < -0.39 is 6.10 Å². The van der Waals surface area contributed by atoms with Crippen molar-refractivity contribution in [3.8, 4) is 11.5 Å². The third-order valence-electron chi connectivity index (χ3n) is 7.83. The number of phenolic OH excluding ortho intramolecular Hbond substituents is 2. The fourth-order valence-electron chi connectivity index (χ4n) is 5.31. The van der Waals surface area contributed by atoms with Crippen molar-refractivity contribution in [2.75, 3.05) is 51.7 Å². The van der Waals surface area contributed by atoms with Gasteiger partial charge in [-0.05, 0) is 60.2 Å². The molecule has 5 rings (SSSR count). The quantitative estimate of drug-likeness (QED) is 0.212. The number of ether oxygens (including phenoxy) is 2. The molecule has 3 aromatic rings. The molecule has 0 aliphatic carbocycles. The first-order chi connectivity index (χ1) is 20.7. The van der Waals surface area contributed by atoms with Crippen molar-refractivity contribution < 1.29 is 29.3 Å². The Kier molecular flexibility index (Phi) is 10.3. The molecule has 2 fully saturated rings. The number of nitrogens with zero attached hydrogens (tertiary/aromatic N) is 6. The van der Waals surface area contributed by atoms with Gasteiger partial charge < -0.3 is 34.9 Å². The average Bonchev–Trinajstić information content (AvgIpc) is 3.36. The number of amides is 1. The molecule has 2 saturated heterocycles. The molecule has 2 aliphatic rings. The van der Waals surface area contributed by atoms with E-state index in [-0.39, 0.29) is 35.6 Å². The molecule has 0 unspecified atom stereocenters. The maximum Gasteiger partial charge on any atom is 0.307 e. The number of hydrogen-bond acceptors (Lipinski definition) is 12. The predicted molar refractivity (Wildman–Crippen MR) is 163 cm³/mol. The fourth-order valence-corrected chi connectivity index (χ4v) is 6.84. The number of halogens is 1. The van der Waals surface area contributed by atoms with Crippen molar-refractivity contribution in [2.45, 2.75) is 55.3 Å². The van der Waals surface area contributed by atoms with Crippen molar-refractivity contribution in [3.63, 3.8) is 0 Å². The molecule has 1 amide bonds. The molecule has 43 heavy (non-hydrogen) atoms. The van der Waals surface area contributed by atoms with E-state index in [1.807, 2.05) is 4.57 Å². The Balaban J connectivity index is 1.15. The van der Waals surface area contributed by atoms with Crippen LogP contribution < -0.4 is 5.73 Å². The highest BCUT2D eigenvalue weighted by atomic mass is 79.9. The first kappa shape index (κ1) is 31.3. The van der Waals surface area contributed by atoms with Gasteiger partial charge in [0.25, 0.3) is 5.91 Å². The number of aromatic hydroxyl groups is 2. The number of likely N-dealkylation sites (tertiary alicyclic amines) is 1. The Morgan fingerprint density at radius 1 is 1.14 bits per heavy atom. The highest BCUT2D eigenvalue weighted by Gasteiger charge is 2.29. The molecule has 232 valence electrons. The summed E-state index contributed by atoms with van der Waals surface area (Å²) in [4.78, 5) is 43.2. The normalized spacial score (nSPS) is 17.3. The summed E-state index contributed by atoms with van der Waals surface area (Å²) in [6.07, 6.45) is 3.34. The van der Waals surface area contributed by atoms with Crippen molar-refractivity contribution in [2.24, 2.45) is 5.92 Å². The van der Waals surface area contributed by atoms with Gasteiger partial charge in [0.1, 0.15) is 6.33 Å². The Morgan fingerprint density at radius 2 is 1.86 bits per heavy atom. The first-order valence-corrected chi connectivity index (χ1v) is 15.9. The van der Waals surface area contributed by atoms with Crippen molar-refractivity contribution >= 4 is 56.6 Å². The third-order valence-corrected chi connectivity index (χ3v) is 9.81. The molecule has 0 radical (unpaired) electrons. The van der Waals surface area contributed by atoms with E-state index in [4.69, 9.17) is 20.2 Å². The number of rotatable bonds is 10. The van der Waals surface area contributed by atoms with Gasteiger partial charge in [0.05, 0.1) is 19.6 Å². The molecule has 2 aliphatic heterocycles. The summed E-state index contributed by atoms with van der Waals surface area (Å²) in [6.45, 7) is 7.01. The number of imidazole rings is 1. The Labute approximate surface area is 261 Å². The number of carbonyl (C=O) groups excluding carboxylic acids is 2. The molecule has 15 heteroatoms. The van der Waals surface area contributed by atoms with Crippen LogP contribution in [0.2, 0.25) is 0 Å². The molecule has 4 heterocycles. The number of benzene rings is 1. The van der Waals surface area contributed by atoms with E-state index in [9.17, 15) is 19.8 Å².